The summed E-state index contributed by atoms with van der Waals surface area (Å²) in [4.78, 5) is 10.8. The molecule has 3 aliphatic rings. The van der Waals surface area contributed by atoms with Gasteiger partial charge in [-0.05, 0) is 116 Å². The van der Waals surface area contributed by atoms with Crippen LogP contribution in [0, 0.1) is 0 Å². The number of hydrogen-bond acceptors (Lipinski definition) is 3. The third kappa shape index (κ3) is 5.55. The number of benzene rings is 9. The molecule has 13 rings (SSSR count). The van der Waals surface area contributed by atoms with Gasteiger partial charge in [-0.25, -0.2) is 0 Å². The number of nitrogens with zero attached hydrogens (tertiary/aromatic N) is 3. The maximum atomic E-state index is 5.74. The lowest BCUT2D eigenvalue weighted by Gasteiger charge is -2.33. The van der Waals surface area contributed by atoms with Crippen molar-refractivity contribution in [1.29, 1.82) is 0 Å². The maximum Gasteiger partial charge on any atom is 0.145 e. The molecule has 0 saturated heterocycles. The van der Waals surface area contributed by atoms with Crippen LogP contribution in [0.15, 0.2) is 209 Å². The van der Waals surface area contributed by atoms with Gasteiger partial charge in [0.15, 0.2) is 0 Å². The second-order valence-electron chi connectivity index (χ2n) is 18.0. The first kappa shape index (κ1) is 36.8. The van der Waals surface area contributed by atoms with E-state index in [0.717, 1.165) is 41.1 Å². The van der Waals surface area contributed by atoms with Crippen LogP contribution >= 0.6 is 0 Å². The van der Waals surface area contributed by atoms with E-state index in [4.69, 9.17) is 9.98 Å². The standard InChI is InChI=1S/C60H44N4/c1-60(2)51-36-47(38-19-7-4-8-20-38)46(37-17-5-3-6-18-37)35-50(51)56-57(52-28-13-14-30-61-52)62-59(63-58(56)60)45-27-15-26-44-43(45)25-16-29-53(44)64-54-33-41-23-11-9-21-39(41)31-48(54)49-32-40-22-10-12-24-42(40)34-55(49)64/h3-12,15-36,59,63H,13-14H2,1-2H3. The van der Waals surface area contributed by atoms with Crippen LogP contribution in [0.3, 0.4) is 0 Å². The summed E-state index contributed by atoms with van der Waals surface area (Å²) < 4.78 is 2.49. The van der Waals surface area contributed by atoms with Crippen LogP contribution in [0.1, 0.15) is 49.5 Å². The van der Waals surface area contributed by atoms with Crippen molar-refractivity contribution in [1.82, 2.24) is 9.88 Å². The second kappa shape index (κ2) is 14.1. The monoisotopic (exact) mass is 820 g/mol. The molecule has 9 aromatic carbocycles. The van der Waals surface area contributed by atoms with E-state index >= 15 is 0 Å². The molecule has 0 fully saturated rings. The fraction of sp³-hybridized carbons (Fsp3) is 0.100. The van der Waals surface area contributed by atoms with Crippen LogP contribution in [0.2, 0.25) is 0 Å². The maximum absolute atomic E-state index is 5.74. The van der Waals surface area contributed by atoms with E-state index in [2.05, 4.69) is 218 Å². The SMILES string of the molecule is CC1(C)C2=C(C(C3=CCCC=N3)=NC(c3cccc4c(-n5c6cc7ccccc7cc6c6cc7ccccc7cc65)cccc34)N2)c2cc(-c3ccccc3)c(-c3ccccc3)cc21. The van der Waals surface area contributed by atoms with Crippen molar-refractivity contribution in [3.8, 4) is 27.9 Å². The fourth-order valence-electron chi connectivity index (χ4n) is 10.9. The average molecular weight is 821 g/mol. The molecule has 1 unspecified atom stereocenters. The molecule has 64 heavy (non-hydrogen) atoms. The number of nitrogens with one attached hydrogen (secondary N) is 1. The Morgan fingerprint density at radius 3 is 1.73 bits per heavy atom. The second-order valence-corrected chi connectivity index (χ2v) is 18.0. The first-order valence-corrected chi connectivity index (χ1v) is 22.5. The van der Waals surface area contributed by atoms with Gasteiger partial charge < -0.3 is 9.88 Å². The molecule has 1 aliphatic carbocycles. The molecule has 304 valence electrons. The minimum atomic E-state index is -0.341. The van der Waals surface area contributed by atoms with E-state index in [9.17, 15) is 0 Å². The Morgan fingerprint density at radius 1 is 0.531 bits per heavy atom. The Bertz CT molecular complexity index is 3620. The molecule has 10 aromatic rings. The third-order valence-corrected chi connectivity index (χ3v) is 14.0. The highest BCUT2D eigenvalue weighted by atomic mass is 15.1. The molecule has 4 heteroatoms. The Labute approximate surface area is 372 Å². The quantitative estimate of drug-likeness (QED) is 0.185. The molecule has 0 bridgehead atoms. The van der Waals surface area contributed by atoms with Crippen molar-refractivity contribution in [3.63, 3.8) is 0 Å². The summed E-state index contributed by atoms with van der Waals surface area (Å²) in [5.74, 6) is 0. The molecular formula is C60H44N4. The van der Waals surface area contributed by atoms with Crippen LogP contribution in [-0.2, 0) is 5.41 Å². The molecule has 1 aromatic heterocycles. The summed E-state index contributed by atoms with van der Waals surface area (Å²) in [6.45, 7) is 4.74. The molecule has 0 amide bonds. The molecule has 1 N–H and O–H groups in total. The topological polar surface area (TPSA) is 41.7 Å². The summed E-state index contributed by atoms with van der Waals surface area (Å²) in [5, 5.41) is 13.9. The van der Waals surface area contributed by atoms with E-state index in [-0.39, 0.29) is 11.6 Å². The normalized spacial score (nSPS) is 16.6. The predicted molar refractivity (Wildman–Crippen MR) is 270 cm³/mol. The molecular weight excluding hydrogens is 777 g/mol. The molecule has 4 nitrogen and oxygen atoms in total. The van der Waals surface area contributed by atoms with Crippen molar-refractivity contribution in [3.05, 3.63) is 216 Å². The van der Waals surface area contributed by atoms with Gasteiger partial charge in [-0.15, -0.1) is 0 Å². The van der Waals surface area contributed by atoms with Crippen LogP contribution in [0.5, 0.6) is 0 Å². The molecule has 0 radical (unpaired) electrons. The zero-order valence-electron chi connectivity index (χ0n) is 35.8. The molecule has 1 atom stereocenters. The summed E-state index contributed by atoms with van der Waals surface area (Å²) in [6.07, 6.45) is 5.88. The van der Waals surface area contributed by atoms with Gasteiger partial charge in [-0.2, -0.15) is 0 Å². The van der Waals surface area contributed by atoms with Crippen LogP contribution in [0.4, 0.5) is 0 Å². The van der Waals surface area contributed by atoms with E-state index in [1.165, 1.54) is 93.2 Å². The number of fused-ring (bicyclic) bond motifs is 8. The highest BCUT2D eigenvalue weighted by molar-refractivity contribution is 6.35. The first-order chi connectivity index (χ1) is 31.5. The zero-order valence-corrected chi connectivity index (χ0v) is 35.8. The number of hydrogen-bond donors (Lipinski definition) is 1. The van der Waals surface area contributed by atoms with Gasteiger partial charge in [-0.3, -0.25) is 9.98 Å². The Balaban J connectivity index is 1.01. The summed E-state index contributed by atoms with van der Waals surface area (Å²) in [7, 11) is 0. The predicted octanol–water partition coefficient (Wildman–Crippen LogP) is 15.1. The number of aromatic nitrogens is 1. The lowest BCUT2D eigenvalue weighted by atomic mass is 9.81. The van der Waals surface area contributed by atoms with Crippen molar-refractivity contribution in [2.75, 3.05) is 0 Å². The van der Waals surface area contributed by atoms with E-state index in [1.54, 1.807) is 0 Å². The minimum absolute atomic E-state index is 0.340. The van der Waals surface area contributed by atoms with Gasteiger partial charge in [0, 0.05) is 44.6 Å². The van der Waals surface area contributed by atoms with Crippen molar-refractivity contribution in [2.45, 2.75) is 38.3 Å². The largest absolute Gasteiger partial charge is 0.362 e. The third-order valence-electron chi connectivity index (χ3n) is 14.0. The van der Waals surface area contributed by atoms with Crippen molar-refractivity contribution >= 4 is 71.6 Å². The highest BCUT2D eigenvalue weighted by Crippen LogP contribution is 2.53. The fourth-order valence-corrected chi connectivity index (χ4v) is 10.9. The Kier molecular flexibility index (Phi) is 8.11. The highest BCUT2D eigenvalue weighted by Gasteiger charge is 2.44. The lowest BCUT2D eigenvalue weighted by molar-refractivity contribution is 0.518. The number of allylic oxidation sites excluding steroid dienone is 3. The summed E-state index contributed by atoms with van der Waals surface area (Å²) in [6, 6.07) is 66.9. The number of rotatable bonds is 5. The van der Waals surface area contributed by atoms with Crippen LogP contribution in [0.25, 0.3) is 87.6 Å². The van der Waals surface area contributed by atoms with Gasteiger partial charge in [0.25, 0.3) is 0 Å². The van der Waals surface area contributed by atoms with E-state index in [1.807, 2.05) is 0 Å². The molecule has 3 heterocycles. The summed E-state index contributed by atoms with van der Waals surface area (Å²) >= 11 is 0. The molecule has 2 aliphatic heterocycles. The van der Waals surface area contributed by atoms with Crippen molar-refractivity contribution < 1.29 is 0 Å². The lowest BCUT2D eigenvalue weighted by Crippen LogP contribution is -2.34. The average Bonchev–Trinajstić information content (AvgIpc) is 3.77. The Hall–Kier alpha value is -7.82. The van der Waals surface area contributed by atoms with Gasteiger partial charge in [0.2, 0.25) is 0 Å². The zero-order chi connectivity index (χ0) is 42.5. The number of aliphatic imine (C=N–C) groups is 2. The van der Waals surface area contributed by atoms with Gasteiger partial charge >= 0.3 is 0 Å². The van der Waals surface area contributed by atoms with Gasteiger partial charge in [-0.1, -0.05) is 159 Å². The van der Waals surface area contributed by atoms with E-state index < -0.39 is 0 Å². The van der Waals surface area contributed by atoms with Crippen LogP contribution < -0.4 is 5.32 Å². The smallest absolute Gasteiger partial charge is 0.145 e. The van der Waals surface area contributed by atoms with Crippen LogP contribution in [-0.4, -0.2) is 16.5 Å². The molecule has 0 saturated carbocycles. The van der Waals surface area contributed by atoms with Crippen molar-refractivity contribution in [2.24, 2.45) is 9.98 Å². The molecule has 0 spiro atoms. The van der Waals surface area contributed by atoms with Gasteiger partial charge in [0.05, 0.1) is 28.1 Å². The van der Waals surface area contributed by atoms with E-state index in [0.29, 0.717) is 0 Å². The minimum Gasteiger partial charge on any atom is -0.362 e. The summed E-state index contributed by atoms with van der Waals surface area (Å²) in [5.41, 5.74) is 16.0. The Morgan fingerprint density at radius 2 is 1.11 bits per heavy atom. The van der Waals surface area contributed by atoms with Gasteiger partial charge in [0.1, 0.15) is 6.17 Å². The first-order valence-electron chi connectivity index (χ1n) is 22.5.